The van der Waals surface area contributed by atoms with E-state index in [9.17, 15) is 4.79 Å². The summed E-state index contributed by atoms with van der Waals surface area (Å²) in [6.45, 7) is 0. The van der Waals surface area contributed by atoms with Crippen LogP contribution >= 0.6 is 0 Å². The summed E-state index contributed by atoms with van der Waals surface area (Å²) in [6.07, 6.45) is 1.69. The monoisotopic (exact) mass is 463 g/mol. The molecule has 1 aliphatic rings. The van der Waals surface area contributed by atoms with Gasteiger partial charge in [0.2, 0.25) is 6.17 Å². The Hall–Kier alpha value is -5.05. The molecule has 1 amide bonds. The standard InChI is InChI=1S/C26H21N7O2/c27-15-18(16-28-19-11-5-2-6-12-19)25-32-33-26(35-25)31-23-24(34)29-21-14-8-7-13-20(21)22(30-23)17-9-3-1-4-10-17/h1-16,23,27-28H,(H,29,34)(H,31,33)/b18-16+,27-15?/t23-/m1/s1. The number of benzene rings is 3. The first-order valence-electron chi connectivity index (χ1n) is 10.9. The maximum atomic E-state index is 13.0. The van der Waals surface area contributed by atoms with E-state index in [2.05, 4.69) is 26.1 Å². The number of nitrogens with zero attached hydrogens (tertiary/aromatic N) is 3. The van der Waals surface area contributed by atoms with Crippen LogP contribution in [0.5, 0.6) is 0 Å². The first-order valence-corrected chi connectivity index (χ1v) is 10.9. The molecule has 35 heavy (non-hydrogen) atoms. The van der Waals surface area contributed by atoms with Crippen molar-refractivity contribution >= 4 is 40.8 Å². The van der Waals surface area contributed by atoms with Crippen LogP contribution in [0.4, 0.5) is 17.4 Å². The smallest absolute Gasteiger partial charge is 0.317 e. The van der Waals surface area contributed by atoms with Crippen LogP contribution in [-0.4, -0.2) is 34.2 Å². The second-order valence-electron chi connectivity index (χ2n) is 7.59. The van der Waals surface area contributed by atoms with E-state index in [0.29, 0.717) is 17.0 Å². The van der Waals surface area contributed by atoms with Gasteiger partial charge < -0.3 is 25.8 Å². The molecule has 0 aliphatic carbocycles. The van der Waals surface area contributed by atoms with Crippen LogP contribution in [0.15, 0.2) is 101 Å². The van der Waals surface area contributed by atoms with Gasteiger partial charge in [0.05, 0.1) is 17.0 Å². The molecule has 4 aromatic rings. The Balaban J connectivity index is 1.42. The number of carbonyl (C=O) groups is 1. The number of carbonyl (C=O) groups excluding carboxylic acids is 1. The van der Waals surface area contributed by atoms with Crippen molar-refractivity contribution in [2.24, 2.45) is 4.99 Å². The fraction of sp³-hybridized carbons (Fsp3) is 0.0385. The Morgan fingerprint density at radius 2 is 1.66 bits per heavy atom. The zero-order chi connectivity index (χ0) is 24.0. The molecular weight excluding hydrogens is 442 g/mol. The van der Waals surface area contributed by atoms with E-state index in [0.717, 1.165) is 23.0 Å². The maximum Gasteiger partial charge on any atom is 0.317 e. The summed E-state index contributed by atoms with van der Waals surface area (Å²) < 4.78 is 5.69. The zero-order valence-corrected chi connectivity index (χ0v) is 18.5. The molecule has 9 heteroatoms. The molecule has 5 rings (SSSR count). The van der Waals surface area contributed by atoms with Crippen molar-refractivity contribution in [1.29, 1.82) is 5.41 Å². The second kappa shape index (κ2) is 9.84. The number of aromatic nitrogens is 2. The fourth-order valence-electron chi connectivity index (χ4n) is 3.56. The molecule has 9 nitrogen and oxygen atoms in total. The first-order chi connectivity index (χ1) is 17.2. The number of hydrogen-bond donors (Lipinski definition) is 4. The minimum atomic E-state index is -1.01. The van der Waals surface area contributed by atoms with Gasteiger partial charge >= 0.3 is 6.01 Å². The van der Waals surface area contributed by atoms with E-state index >= 15 is 0 Å². The summed E-state index contributed by atoms with van der Waals surface area (Å²) >= 11 is 0. The van der Waals surface area contributed by atoms with Crippen LogP contribution in [0.3, 0.4) is 0 Å². The summed E-state index contributed by atoms with van der Waals surface area (Å²) in [5.41, 5.74) is 4.22. The van der Waals surface area contributed by atoms with E-state index < -0.39 is 6.17 Å². The number of para-hydroxylation sites is 2. The number of hydrogen-bond acceptors (Lipinski definition) is 8. The van der Waals surface area contributed by atoms with Gasteiger partial charge in [-0.3, -0.25) is 4.79 Å². The quantitative estimate of drug-likeness (QED) is 0.301. The average Bonchev–Trinajstić information content (AvgIpc) is 3.31. The van der Waals surface area contributed by atoms with Crippen molar-refractivity contribution in [3.63, 3.8) is 0 Å². The van der Waals surface area contributed by atoms with Crippen LogP contribution in [0.25, 0.3) is 5.57 Å². The van der Waals surface area contributed by atoms with Crippen LogP contribution in [0.1, 0.15) is 17.0 Å². The van der Waals surface area contributed by atoms with E-state index in [4.69, 9.17) is 14.8 Å². The maximum absolute atomic E-state index is 13.0. The zero-order valence-electron chi connectivity index (χ0n) is 18.5. The van der Waals surface area contributed by atoms with Gasteiger partial charge in [0.1, 0.15) is 0 Å². The lowest BCUT2D eigenvalue weighted by atomic mass is 10.0. The van der Waals surface area contributed by atoms with Crippen molar-refractivity contribution < 1.29 is 9.21 Å². The van der Waals surface area contributed by atoms with Gasteiger partial charge in [-0.25, -0.2) is 4.99 Å². The predicted molar refractivity (Wildman–Crippen MR) is 136 cm³/mol. The molecule has 0 fully saturated rings. The third kappa shape index (κ3) is 4.83. The number of fused-ring (bicyclic) bond motifs is 1. The molecule has 0 saturated heterocycles. The van der Waals surface area contributed by atoms with Gasteiger partial charge in [-0.15, -0.1) is 5.10 Å². The van der Waals surface area contributed by atoms with Gasteiger partial charge in [-0.05, 0) is 18.2 Å². The van der Waals surface area contributed by atoms with Crippen LogP contribution < -0.4 is 16.0 Å². The Morgan fingerprint density at radius 3 is 2.43 bits per heavy atom. The first kappa shape index (κ1) is 21.8. The van der Waals surface area contributed by atoms with Crippen molar-refractivity contribution in [2.45, 2.75) is 6.17 Å². The largest absolute Gasteiger partial charge is 0.403 e. The van der Waals surface area contributed by atoms with Crippen molar-refractivity contribution in [2.75, 3.05) is 16.0 Å². The molecule has 1 aliphatic heterocycles. The van der Waals surface area contributed by atoms with E-state index in [1.165, 1.54) is 0 Å². The lowest BCUT2D eigenvalue weighted by Gasteiger charge is -2.11. The number of benzodiazepines with no additional fused rings is 1. The van der Waals surface area contributed by atoms with Crippen LogP contribution in [0.2, 0.25) is 0 Å². The van der Waals surface area contributed by atoms with Gasteiger partial charge in [-0.2, -0.15) is 0 Å². The number of amides is 1. The SMILES string of the molecule is N=C/C(=C\Nc1ccccc1)c1nnc(N[C@H]2N=C(c3ccccc3)c3ccccc3NC2=O)o1. The number of nitrogens with one attached hydrogen (secondary N) is 4. The Kier molecular flexibility index (Phi) is 6.12. The van der Waals surface area contributed by atoms with E-state index in [-0.39, 0.29) is 17.8 Å². The Bertz CT molecular complexity index is 1410. The number of rotatable bonds is 7. The number of allylic oxidation sites excluding steroid dienone is 1. The lowest BCUT2D eigenvalue weighted by Crippen LogP contribution is -2.32. The normalized spacial score (nSPS) is 15.3. The molecule has 4 N–H and O–H groups in total. The molecule has 0 unspecified atom stereocenters. The van der Waals surface area contributed by atoms with E-state index in [1.807, 2.05) is 84.9 Å². The van der Waals surface area contributed by atoms with E-state index in [1.54, 1.807) is 6.20 Å². The molecule has 2 heterocycles. The Morgan fingerprint density at radius 1 is 0.943 bits per heavy atom. The summed E-state index contributed by atoms with van der Waals surface area (Å²) in [7, 11) is 0. The molecule has 0 bridgehead atoms. The summed E-state index contributed by atoms with van der Waals surface area (Å²) in [5, 5.41) is 24.6. The van der Waals surface area contributed by atoms with Gasteiger partial charge in [0.15, 0.2) is 0 Å². The molecular formula is C26H21N7O2. The lowest BCUT2D eigenvalue weighted by molar-refractivity contribution is -0.116. The topological polar surface area (TPSA) is 128 Å². The predicted octanol–water partition coefficient (Wildman–Crippen LogP) is 4.40. The van der Waals surface area contributed by atoms with Gasteiger partial charge in [0, 0.05) is 29.2 Å². The molecule has 0 radical (unpaired) electrons. The highest BCUT2D eigenvalue weighted by molar-refractivity contribution is 6.19. The minimum Gasteiger partial charge on any atom is -0.403 e. The highest BCUT2D eigenvalue weighted by Crippen LogP contribution is 2.25. The highest BCUT2D eigenvalue weighted by Gasteiger charge is 2.27. The number of aliphatic imine (C=N–C) groups is 1. The van der Waals surface area contributed by atoms with Crippen molar-refractivity contribution in [3.05, 3.63) is 108 Å². The molecule has 1 atom stereocenters. The minimum absolute atomic E-state index is 0.00901. The molecule has 0 saturated carbocycles. The third-order valence-electron chi connectivity index (χ3n) is 5.25. The fourth-order valence-corrected chi connectivity index (χ4v) is 3.56. The summed E-state index contributed by atoms with van der Waals surface area (Å²) in [6, 6.07) is 26.6. The van der Waals surface area contributed by atoms with Crippen molar-refractivity contribution in [3.8, 4) is 0 Å². The van der Waals surface area contributed by atoms with Crippen molar-refractivity contribution in [1.82, 2.24) is 10.2 Å². The van der Waals surface area contributed by atoms with Gasteiger partial charge in [-0.1, -0.05) is 71.8 Å². The molecule has 3 aromatic carbocycles. The number of anilines is 3. The molecule has 0 spiro atoms. The van der Waals surface area contributed by atoms with Gasteiger partial charge in [0.25, 0.3) is 11.8 Å². The highest BCUT2D eigenvalue weighted by atomic mass is 16.4. The molecule has 172 valence electrons. The average molecular weight is 464 g/mol. The second-order valence-corrected chi connectivity index (χ2v) is 7.59. The van der Waals surface area contributed by atoms with Crippen LogP contribution in [0, 0.1) is 5.41 Å². The third-order valence-corrected chi connectivity index (χ3v) is 5.25. The van der Waals surface area contributed by atoms with Crippen LogP contribution in [-0.2, 0) is 4.79 Å². The Labute approximate surface area is 201 Å². The molecule has 1 aromatic heterocycles. The summed E-state index contributed by atoms with van der Waals surface area (Å²) in [5.74, 6) is -0.243. The summed E-state index contributed by atoms with van der Waals surface area (Å²) in [4.78, 5) is 17.7.